The van der Waals surface area contributed by atoms with Gasteiger partial charge in [0.05, 0.1) is 6.42 Å². The number of nitrogens with zero attached hydrogens (tertiary/aromatic N) is 2. The molecule has 6 heteroatoms. The fraction of sp³-hybridized carbons (Fsp3) is 0.467. The fourth-order valence-corrected chi connectivity index (χ4v) is 2.68. The molecule has 0 spiro atoms. The summed E-state index contributed by atoms with van der Waals surface area (Å²) >= 11 is 0. The van der Waals surface area contributed by atoms with E-state index in [1.54, 1.807) is 0 Å². The highest BCUT2D eigenvalue weighted by Gasteiger charge is 2.27. The number of aromatic nitrogens is 1. The quantitative estimate of drug-likeness (QED) is 0.922. The summed E-state index contributed by atoms with van der Waals surface area (Å²) in [4.78, 5) is 14.4. The van der Waals surface area contributed by atoms with Gasteiger partial charge in [-0.1, -0.05) is 17.3 Å². The zero-order valence-electron chi connectivity index (χ0n) is 12.2. The maximum atomic E-state index is 12.5. The molecule has 0 bridgehead atoms. The number of amides is 1. The Morgan fingerprint density at radius 1 is 1.43 bits per heavy atom. The molecule has 2 unspecified atom stereocenters. The molecule has 3 rings (SSSR count). The van der Waals surface area contributed by atoms with E-state index in [9.17, 15) is 4.79 Å². The Labute approximate surface area is 130 Å². The van der Waals surface area contributed by atoms with Gasteiger partial charge < -0.3 is 14.7 Å². The largest absolute Gasteiger partial charge is 0.356 e. The normalized spacial score (nSPS) is 22.1. The number of carbonyl (C=O) groups excluding carboxylic acids is 1. The molecule has 1 aliphatic rings. The summed E-state index contributed by atoms with van der Waals surface area (Å²) < 4.78 is 5.25. The zero-order valence-corrected chi connectivity index (χ0v) is 13.0. The van der Waals surface area contributed by atoms with Gasteiger partial charge in [0.15, 0.2) is 5.58 Å². The monoisotopic (exact) mass is 309 g/mol. The molecule has 0 radical (unpaired) electrons. The third-order valence-electron chi connectivity index (χ3n) is 3.86. The number of hydrogen-bond donors (Lipinski definition) is 1. The molecule has 2 atom stereocenters. The molecule has 5 nitrogen and oxygen atoms in total. The first-order valence-electron chi connectivity index (χ1n) is 7.01. The van der Waals surface area contributed by atoms with Crippen LogP contribution in [0, 0.1) is 0 Å². The molecule has 2 heterocycles. The van der Waals surface area contributed by atoms with Gasteiger partial charge in [-0.3, -0.25) is 4.79 Å². The van der Waals surface area contributed by atoms with Gasteiger partial charge in [-0.25, -0.2) is 0 Å². The highest BCUT2D eigenvalue weighted by molar-refractivity contribution is 5.86. The van der Waals surface area contributed by atoms with Crippen LogP contribution in [0.25, 0.3) is 11.0 Å². The summed E-state index contributed by atoms with van der Waals surface area (Å²) in [5.74, 6) is 0.116. The van der Waals surface area contributed by atoms with Gasteiger partial charge in [0, 0.05) is 30.6 Å². The lowest BCUT2D eigenvalue weighted by molar-refractivity contribution is -0.134. The summed E-state index contributed by atoms with van der Waals surface area (Å²) in [5, 5.41) is 8.34. The number of halogens is 1. The van der Waals surface area contributed by atoms with Crippen molar-refractivity contribution in [2.75, 3.05) is 13.1 Å². The average molecular weight is 310 g/mol. The standard InChI is InChI=1S/C15H19N3O2.ClH/c1-10-9-18(11(2)8-16-10)15(19)7-13-12-5-3-4-6-14(12)20-17-13;/h3-6,10-11,16H,7-9H2,1-2H3;1H. The van der Waals surface area contributed by atoms with Crippen LogP contribution >= 0.6 is 12.4 Å². The number of carbonyl (C=O) groups is 1. The summed E-state index contributed by atoms with van der Waals surface area (Å²) in [6.07, 6.45) is 0.300. The second kappa shape index (κ2) is 6.45. The van der Waals surface area contributed by atoms with E-state index in [4.69, 9.17) is 4.52 Å². The van der Waals surface area contributed by atoms with Crippen LogP contribution in [-0.2, 0) is 11.2 Å². The van der Waals surface area contributed by atoms with Crippen molar-refractivity contribution in [2.24, 2.45) is 0 Å². The van der Waals surface area contributed by atoms with Gasteiger partial charge in [-0.2, -0.15) is 0 Å². The Morgan fingerprint density at radius 3 is 3.00 bits per heavy atom. The van der Waals surface area contributed by atoms with Gasteiger partial charge in [0.2, 0.25) is 5.91 Å². The van der Waals surface area contributed by atoms with Crippen molar-refractivity contribution in [2.45, 2.75) is 32.4 Å². The molecule has 1 aliphatic heterocycles. The van der Waals surface area contributed by atoms with E-state index in [0.717, 1.165) is 29.8 Å². The highest BCUT2D eigenvalue weighted by atomic mass is 35.5. The lowest BCUT2D eigenvalue weighted by Crippen LogP contribution is -2.56. The molecule has 114 valence electrons. The molecule has 1 aromatic carbocycles. The lowest BCUT2D eigenvalue weighted by atomic mass is 10.1. The van der Waals surface area contributed by atoms with Crippen LogP contribution in [0.2, 0.25) is 0 Å². The van der Waals surface area contributed by atoms with Crippen molar-refractivity contribution >= 4 is 29.3 Å². The van der Waals surface area contributed by atoms with Gasteiger partial charge in [-0.05, 0) is 26.0 Å². The Kier molecular flexibility index (Phi) is 4.85. The van der Waals surface area contributed by atoms with Crippen molar-refractivity contribution in [3.63, 3.8) is 0 Å². The van der Waals surface area contributed by atoms with Gasteiger partial charge in [-0.15, -0.1) is 12.4 Å². The van der Waals surface area contributed by atoms with E-state index in [0.29, 0.717) is 12.5 Å². The van der Waals surface area contributed by atoms with Crippen LogP contribution in [0.1, 0.15) is 19.5 Å². The molecule has 1 aromatic heterocycles. The molecule has 0 aliphatic carbocycles. The number of para-hydroxylation sites is 1. The number of piperazine rings is 1. The van der Waals surface area contributed by atoms with E-state index in [1.807, 2.05) is 29.2 Å². The maximum Gasteiger partial charge on any atom is 0.229 e. The average Bonchev–Trinajstić information content (AvgIpc) is 2.85. The minimum atomic E-state index is 0. The number of nitrogens with one attached hydrogen (secondary N) is 1. The van der Waals surface area contributed by atoms with Gasteiger partial charge >= 0.3 is 0 Å². The molecule has 1 N–H and O–H groups in total. The number of benzene rings is 1. The second-order valence-electron chi connectivity index (χ2n) is 5.51. The predicted octanol–water partition coefficient (Wildman–Crippen LogP) is 2.00. The van der Waals surface area contributed by atoms with Crippen LogP contribution in [0.5, 0.6) is 0 Å². The van der Waals surface area contributed by atoms with Crippen LogP contribution in [-0.4, -0.2) is 41.1 Å². The van der Waals surface area contributed by atoms with Crippen molar-refractivity contribution in [1.82, 2.24) is 15.4 Å². The third kappa shape index (κ3) is 3.19. The van der Waals surface area contributed by atoms with E-state index >= 15 is 0 Å². The van der Waals surface area contributed by atoms with Crippen LogP contribution in [0.4, 0.5) is 0 Å². The van der Waals surface area contributed by atoms with Crippen LogP contribution in [0.15, 0.2) is 28.8 Å². The van der Waals surface area contributed by atoms with E-state index in [2.05, 4.69) is 24.3 Å². The molecule has 2 aromatic rings. The molecular formula is C15H20ClN3O2. The SMILES string of the molecule is CC1CN(C(=O)Cc2noc3ccccc23)C(C)CN1.Cl. The first-order chi connectivity index (χ1) is 9.65. The minimum absolute atomic E-state index is 0. The Hall–Kier alpha value is -1.59. The third-order valence-corrected chi connectivity index (χ3v) is 3.86. The maximum absolute atomic E-state index is 12.5. The summed E-state index contributed by atoms with van der Waals surface area (Å²) in [5.41, 5.74) is 1.46. The van der Waals surface area contributed by atoms with Crippen molar-refractivity contribution in [1.29, 1.82) is 0 Å². The Balaban J connectivity index is 0.00000161. The fourth-order valence-electron chi connectivity index (χ4n) is 2.68. The summed E-state index contributed by atoms with van der Waals surface area (Å²) in [6, 6.07) is 8.20. The molecule has 1 fully saturated rings. The van der Waals surface area contributed by atoms with E-state index < -0.39 is 0 Å². The summed E-state index contributed by atoms with van der Waals surface area (Å²) in [7, 11) is 0. The van der Waals surface area contributed by atoms with Crippen molar-refractivity contribution < 1.29 is 9.32 Å². The summed E-state index contributed by atoms with van der Waals surface area (Å²) in [6.45, 7) is 5.75. The topological polar surface area (TPSA) is 58.4 Å². The van der Waals surface area contributed by atoms with E-state index in [-0.39, 0.29) is 24.4 Å². The van der Waals surface area contributed by atoms with Crippen LogP contribution in [0.3, 0.4) is 0 Å². The molecule has 21 heavy (non-hydrogen) atoms. The smallest absolute Gasteiger partial charge is 0.229 e. The predicted molar refractivity (Wildman–Crippen MR) is 83.6 cm³/mol. The first-order valence-corrected chi connectivity index (χ1v) is 7.01. The molecule has 1 amide bonds. The van der Waals surface area contributed by atoms with Crippen molar-refractivity contribution in [3.8, 4) is 0 Å². The van der Waals surface area contributed by atoms with Gasteiger partial charge in [0.25, 0.3) is 0 Å². The molecule has 1 saturated heterocycles. The van der Waals surface area contributed by atoms with Gasteiger partial charge in [0.1, 0.15) is 5.69 Å². The number of fused-ring (bicyclic) bond motifs is 1. The number of hydrogen-bond acceptors (Lipinski definition) is 4. The minimum Gasteiger partial charge on any atom is -0.356 e. The molecule has 0 saturated carbocycles. The second-order valence-corrected chi connectivity index (χ2v) is 5.51. The highest BCUT2D eigenvalue weighted by Crippen LogP contribution is 2.19. The van der Waals surface area contributed by atoms with Crippen LogP contribution < -0.4 is 5.32 Å². The Bertz CT molecular complexity index is 628. The lowest BCUT2D eigenvalue weighted by Gasteiger charge is -2.37. The number of rotatable bonds is 2. The Morgan fingerprint density at radius 2 is 2.19 bits per heavy atom. The van der Waals surface area contributed by atoms with E-state index in [1.165, 1.54) is 0 Å². The first kappa shape index (κ1) is 15.8. The molecular weight excluding hydrogens is 290 g/mol. The zero-order chi connectivity index (χ0) is 14.1. The van der Waals surface area contributed by atoms with Crippen molar-refractivity contribution in [3.05, 3.63) is 30.0 Å².